The molecule has 1 rings (SSSR count). The summed E-state index contributed by atoms with van der Waals surface area (Å²) in [5.74, 6) is 0. The van der Waals surface area contributed by atoms with E-state index in [-0.39, 0.29) is 5.38 Å². The largest absolute Gasteiger partial charge is 0.416 e. The maximum Gasteiger partial charge on any atom is 0.416 e. The summed E-state index contributed by atoms with van der Waals surface area (Å²) in [6.07, 6.45) is -1.86. The van der Waals surface area contributed by atoms with E-state index in [4.69, 9.17) is 11.6 Å². The van der Waals surface area contributed by atoms with Gasteiger partial charge in [-0.25, -0.2) is 0 Å². The van der Waals surface area contributed by atoms with Crippen molar-refractivity contribution in [3.8, 4) is 0 Å². The van der Waals surface area contributed by atoms with Gasteiger partial charge < -0.3 is 0 Å². The van der Waals surface area contributed by atoms with Crippen molar-refractivity contribution in [2.75, 3.05) is 0 Å². The van der Waals surface area contributed by atoms with Gasteiger partial charge in [0.25, 0.3) is 0 Å². The van der Waals surface area contributed by atoms with Crippen molar-refractivity contribution in [3.05, 3.63) is 35.4 Å². The van der Waals surface area contributed by atoms with E-state index >= 15 is 0 Å². The first-order valence-electron chi connectivity index (χ1n) is 5.23. The van der Waals surface area contributed by atoms with E-state index in [0.29, 0.717) is 0 Å². The minimum absolute atomic E-state index is 0.0993. The van der Waals surface area contributed by atoms with Crippen molar-refractivity contribution in [3.63, 3.8) is 0 Å². The molecule has 0 amide bonds. The van der Waals surface area contributed by atoms with E-state index in [1.807, 2.05) is 6.92 Å². The molecule has 0 heterocycles. The van der Waals surface area contributed by atoms with Gasteiger partial charge in [-0.05, 0) is 37.0 Å². The van der Waals surface area contributed by atoms with Crippen LogP contribution in [0.15, 0.2) is 24.3 Å². The highest BCUT2D eigenvalue weighted by Gasteiger charge is 2.29. The first-order chi connectivity index (χ1) is 7.43. The maximum absolute atomic E-state index is 12.3. The van der Waals surface area contributed by atoms with Gasteiger partial charge in [-0.2, -0.15) is 13.2 Å². The van der Waals surface area contributed by atoms with Crippen LogP contribution in [0.3, 0.4) is 0 Å². The maximum atomic E-state index is 12.3. The van der Waals surface area contributed by atoms with E-state index in [9.17, 15) is 13.2 Å². The van der Waals surface area contributed by atoms with Gasteiger partial charge in [-0.3, -0.25) is 0 Å². The SMILES string of the molecule is CCC(Cl)CCc1ccc(C(F)(F)F)cc1. The van der Waals surface area contributed by atoms with Gasteiger partial charge in [0.05, 0.1) is 5.56 Å². The number of rotatable bonds is 4. The number of benzene rings is 1. The quantitative estimate of drug-likeness (QED) is 0.682. The summed E-state index contributed by atoms with van der Waals surface area (Å²) in [6, 6.07) is 5.26. The Morgan fingerprint density at radius 2 is 1.75 bits per heavy atom. The molecule has 1 unspecified atom stereocenters. The van der Waals surface area contributed by atoms with Gasteiger partial charge >= 0.3 is 6.18 Å². The lowest BCUT2D eigenvalue weighted by Gasteiger charge is -2.09. The second kappa shape index (κ2) is 5.58. The lowest BCUT2D eigenvalue weighted by Crippen LogP contribution is -2.05. The average molecular weight is 251 g/mol. The molecule has 0 fully saturated rings. The fraction of sp³-hybridized carbons (Fsp3) is 0.500. The molecule has 0 aliphatic rings. The van der Waals surface area contributed by atoms with Crippen LogP contribution in [0.4, 0.5) is 13.2 Å². The molecule has 1 aromatic carbocycles. The van der Waals surface area contributed by atoms with Gasteiger partial charge in [0.1, 0.15) is 0 Å². The minimum atomic E-state index is -4.25. The fourth-order valence-electron chi connectivity index (χ4n) is 1.39. The van der Waals surface area contributed by atoms with Crippen LogP contribution in [-0.4, -0.2) is 5.38 Å². The third kappa shape index (κ3) is 4.05. The smallest absolute Gasteiger partial charge is 0.166 e. The van der Waals surface area contributed by atoms with Gasteiger partial charge in [-0.15, -0.1) is 11.6 Å². The zero-order valence-electron chi connectivity index (χ0n) is 9.02. The molecule has 1 atom stereocenters. The van der Waals surface area contributed by atoms with Crippen LogP contribution in [0.1, 0.15) is 30.9 Å². The summed E-state index contributed by atoms with van der Waals surface area (Å²) in [5.41, 5.74) is 0.293. The molecule has 0 radical (unpaired) electrons. The first-order valence-corrected chi connectivity index (χ1v) is 5.67. The molecular weight excluding hydrogens is 237 g/mol. The summed E-state index contributed by atoms with van der Waals surface area (Å²) in [7, 11) is 0. The molecule has 0 N–H and O–H groups in total. The van der Waals surface area contributed by atoms with Gasteiger partial charge in [0, 0.05) is 5.38 Å². The molecule has 0 bridgehead atoms. The molecule has 0 aliphatic heterocycles. The normalized spacial score (nSPS) is 13.8. The minimum Gasteiger partial charge on any atom is -0.166 e. The Balaban J connectivity index is 2.58. The number of aryl methyl sites for hydroxylation is 1. The zero-order valence-corrected chi connectivity index (χ0v) is 9.78. The van der Waals surface area contributed by atoms with Crippen LogP contribution in [0.25, 0.3) is 0 Å². The van der Waals surface area contributed by atoms with Crippen molar-refractivity contribution >= 4 is 11.6 Å². The Morgan fingerprint density at radius 1 is 1.19 bits per heavy atom. The second-order valence-corrected chi connectivity index (χ2v) is 4.36. The van der Waals surface area contributed by atoms with Crippen molar-refractivity contribution in [2.45, 2.75) is 37.7 Å². The Hall–Kier alpha value is -0.700. The Morgan fingerprint density at radius 3 is 2.19 bits per heavy atom. The molecule has 0 nitrogen and oxygen atoms in total. The fourth-order valence-corrected chi connectivity index (χ4v) is 1.50. The van der Waals surface area contributed by atoms with Crippen LogP contribution in [-0.2, 0) is 12.6 Å². The second-order valence-electron chi connectivity index (χ2n) is 3.74. The molecular formula is C12H14ClF3. The van der Waals surface area contributed by atoms with Crippen molar-refractivity contribution in [2.24, 2.45) is 0 Å². The van der Waals surface area contributed by atoms with Crippen molar-refractivity contribution in [1.29, 1.82) is 0 Å². The van der Waals surface area contributed by atoms with Crippen LogP contribution >= 0.6 is 11.6 Å². The van der Waals surface area contributed by atoms with Gasteiger partial charge in [-0.1, -0.05) is 19.1 Å². The van der Waals surface area contributed by atoms with Crippen LogP contribution in [0.5, 0.6) is 0 Å². The molecule has 0 saturated carbocycles. The van der Waals surface area contributed by atoms with Gasteiger partial charge in [0.2, 0.25) is 0 Å². The average Bonchev–Trinajstić information content (AvgIpc) is 2.25. The monoisotopic (exact) mass is 250 g/mol. The van der Waals surface area contributed by atoms with Crippen molar-refractivity contribution in [1.82, 2.24) is 0 Å². The van der Waals surface area contributed by atoms with E-state index < -0.39 is 11.7 Å². The molecule has 0 aliphatic carbocycles. The highest BCUT2D eigenvalue weighted by molar-refractivity contribution is 6.20. The molecule has 0 aromatic heterocycles. The zero-order chi connectivity index (χ0) is 12.2. The number of hydrogen-bond acceptors (Lipinski definition) is 0. The Bertz CT molecular complexity index is 316. The molecule has 1 aromatic rings. The molecule has 0 saturated heterocycles. The first kappa shape index (κ1) is 13.4. The predicted octanol–water partition coefficient (Wildman–Crippen LogP) is 4.66. The van der Waals surface area contributed by atoms with Crippen LogP contribution in [0, 0.1) is 0 Å². The van der Waals surface area contributed by atoms with E-state index in [1.165, 1.54) is 12.1 Å². The lowest BCUT2D eigenvalue weighted by molar-refractivity contribution is -0.137. The van der Waals surface area contributed by atoms with E-state index in [0.717, 1.165) is 37.0 Å². The lowest BCUT2D eigenvalue weighted by atomic mass is 10.1. The third-order valence-corrected chi connectivity index (χ3v) is 3.00. The predicted molar refractivity (Wildman–Crippen MR) is 59.7 cm³/mol. The highest BCUT2D eigenvalue weighted by atomic mass is 35.5. The number of halogens is 4. The topological polar surface area (TPSA) is 0 Å². The summed E-state index contributed by atoms with van der Waals surface area (Å²) in [4.78, 5) is 0. The standard InChI is InChI=1S/C12H14ClF3/c1-2-11(13)8-5-9-3-6-10(7-4-9)12(14,15)16/h3-4,6-7,11H,2,5,8H2,1H3. The Kier molecular flexibility index (Phi) is 4.66. The van der Waals surface area contributed by atoms with Crippen LogP contribution < -0.4 is 0 Å². The summed E-state index contributed by atoms with van der Waals surface area (Å²) < 4.78 is 36.8. The van der Waals surface area contributed by atoms with Crippen LogP contribution in [0.2, 0.25) is 0 Å². The van der Waals surface area contributed by atoms with Gasteiger partial charge in [0.15, 0.2) is 0 Å². The van der Waals surface area contributed by atoms with Crippen molar-refractivity contribution < 1.29 is 13.2 Å². The number of alkyl halides is 4. The molecule has 0 spiro atoms. The third-order valence-electron chi connectivity index (χ3n) is 2.47. The summed E-state index contributed by atoms with van der Waals surface area (Å²) in [5, 5.41) is 0.0993. The van der Waals surface area contributed by atoms with E-state index in [2.05, 4.69) is 0 Å². The summed E-state index contributed by atoms with van der Waals surface area (Å²) in [6.45, 7) is 1.99. The summed E-state index contributed by atoms with van der Waals surface area (Å²) >= 11 is 5.94. The number of hydrogen-bond donors (Lipinski definition) is 0. The molecule has 16 heavy (non-hydrogen) atoms. The molecule has 90 valence electrons. The highest BCUT2D eigenvalue weighted by Crippen LogP contribution is 2.29. The Labute approximate surface area is 98.4 Å². The molecule has 4 heteroatoms. The van der Waals surface area contributed by atoms with E-state index in [1.54, 1.807) is 0 Å².